The van der Waals surface area contributed by atoms with Gasteiger partial charge in [0.05, 0.1) is 12.1 Å². The molecule has 1 fully saturated rings. The van der Waals surface area contributed by atoms with Crippen molar-refractivity contribution in [2.75, 3.05) is 38.0 Å². The van der Waals surface area contributed by atoms with Gasteiger partial charge >= 0.3 is 0 Å². The third kappa shape index (κ3) is 4.68. The number of halogens is 2. The highest BCUT2D eigenvalue weighted by molar-refractivity contribution is 9.10. The lowest BCUT2D eigenvalue weighted by atomic mass is 10.2. The molecule has 1 saturated heterocycles. The molecule has 2 amide bonds. The Kier molecular flexibility index (Phi) is 6.00. The van der Waals surface area contributed by atoms with Crippen LogP contribution in [0.3, 0.4) is 0 Å². The smallest absolute Gasteiger partial charge is 0.255 e. The van der Waals surface area contributed by atoms with Crippen molar-refractivity contribution in [1.82, 2.24) is 9.80 Å². The molecule has 0 atom stereocenters. The van der Waals surface area contributed by atoms with Crippen molar-refractivity contribution in [3.63, 3.8) is 0 Å². The molecule has 26 heavy (non-hydrogen) atoms. The van der Waals surface area contributed by atoms with Gasteiger partial charge in [-0.25, -0.2) is 4.39 Å². The van der Waals surface area contributed by atoms with Gasteiger partial charge in [-0.1, -0.05) is 12.1 Å². The zero-order valence-electron chi connectivity index (χ0n) is 14.1. The molecule has 1 N–H and O–H groups in total. The Morgan fingerprint density at radius 1 is 1.00 bits per heavy atom. The van der Waals surface area contributed by atoms with Gasteiger partial charge in [-0.3, -0.25) is 14.5 Å². The number of piperazine rings is 1. The predicted octanol–water partition coefficient (Wildman–Crippen LogP) is 2.98. The summed E-state index contributed by atoms with van der Waals surface area (Å²) < 4.78 is 13.7. The highest BCUT2D eigenvalue weighted by Gasteiger charge is 2.24. The van der Waals surface area contributed by atoms with Gasteiger partial charge in [0, 0.05) is 36.3 Å². The molecule has 0 aromatic heterocycles. The minimum atomic E-state index is -0.339. The Balaban J connectivity index is 1.49. The molecule has 136 valence electrons. The number of nitrogens with zero attached hydrogens (tertiary/aromatic N) is 2. The van der Waals surface area contributed by atoms with E-state index in [-0.39, 0.29) is 24.2 Å². The molecule has 0 unspecified atom stereocenters. The largest absolute Gasteiger partial charge is 0.336 e. The van der Waals surface area contributed by atoms with Gasteiger partial charge in [-0.15, -0.1) is 0 Å². The zero-order valence-corrected chi connectivity index (χ0v) is 15.7. The molecular formula is C19H19BrFN3O2. The third-order valence-corrected chi connectivity index (χ3v) is 4.95. The van der Waals surface area contributed by atoms with Crippen LogP contribution in [0.15, 0.2) is 53.0 Å². The third-order valence-electron chi connectivity index (χ3n) is 4.26. The number of carbonyl (C=O) groups is 2. The van der Waals surface area contributed by atoms with Crippen LogP contribution in [0.4, 0.5) is 10.1 Å². The number of rotatable bonds is 4. The molecule has 0 bridgehead atoms. The topological polar surface area (TPSA) is 52.7 Å². The lowest BCUT2D eigenvalue weighted by Gasteiger charge is -2.34. The molecule has 1 aliphatic heterocycles. The van der Waals surface area contributed by atoms with Crippen LogP contribution in [-0.2, 0) is 4.79 Å². The molecule has 7 heteroatoms. The van der Waals surface area contributed by atoms with Gasteiger partial charge < -0.3 is 10.2 Å². The number of carbonyl (C=O) groups excluding carboxylic acids is 2. The first kappa shape index (κ1) is 18.5. The summed E-state index contributed by atoms with van der Waals surface area (Å²) in [6.07, 6.45) is 0. The number of benzene rings is 2. The maximum Gasteiger partial charge on any atom is 0.255 e. The summed E-state index contributed by atoms with van der Waals surface area (Å²) in [4.78, 5) is 28.5. The highest BCUT2D eigenvalue weighted by Crippen LogP contribution is 2.18. The van der Waals surface area contributed by atoms with E-state index in [1.165, 1.54) is 24.3 Å². The maximum atomic E-state index is 12.9. The number of hydrogen-bond acceptors (Lipinski definition) is 3. The van der Waals surface area contributed by atoms with Gasteiger partial charge in [0.25, 0.3) is 5.91 Å². The van der Waals surface area contributed by atoms with Gasteiger partial charge in [-0.2, -0.15) is 0 Å². The van der Waals surface area contributed by atoms with E-state index in [1.54, 1.807) is 11.0 Å². The first-order valence-electron chi connectivity index (χ1n) is 8.34. The molecule has 3 rings (SSSR count). The van der Waals surface area contributed by atoms with Crippen molar-refractivity contribution >= 4 is 33.4 Å². The SMILES string of the molecule is O=C(CN1CCN(C(=O)c2ccccc2Br)CC1)Nc1ccc(F)cc1. The van der Waals surface area contributed by atoms with E-state index in [9.17, 15) is 14.0 Å². The van der Waals surface area contributed by atoms with Crippen LogP contribution >= 0.6 is 15.9 Å². The van der Waals surface area contributed by atoms with Crippen molar-refractivity contribution in [2.45, 2.75) is 0 Å². The molecular weight excluding hydrogens is 401 g/mol. The summed E-state index contributed by atoms with van der Waals surface area (Å²) in [5, 5.41) is 2.75. The fourth-order valence-electron chi connectivity index (χ4n) is 2.85. The van der Waals surface area contributed by atoms with Crippen LogP contribution in [0.25, 0.3) is 0 Å². The Morgan fingerprint density at radius 3 is 2.31 bits per heavy atom. The summed E-state index contributed by atoms with van der Waals surface area (Å²) in [6, 6.07) is 13.0. The van der Waals surface area contributed by atoms with Crippen LogP contribution in [0, 0.1) is 5.82 Å². The summed E-state index contributed by atoms with van der Waals surface area (Å²) in [5.41, 5.74) is 1.22. The molecule has 2 aromatic rings. The van der Waals surface area contributed by atoms with Crippen molar-refractivity contribution in [2.24, 2.45) is 0 Å². The quantitative estimate of drug-likeness (QED) is 0.828. The van der Waals surface area contributed by atoms with Crippen molar-refractivity contribution in [3.8, 4) is 0 Å². The summed E-state index contributed by atoms with van der Waals surface area (Å²) in [6.45, 7) is 2.66. The molecule has 0 radical (unpaired) electrons. The average molecular weight is 420 g/mol. The van der Waals surface area contributed by atoms with Crippen LogP contribution in [0.1, 0.15) is 10.4 Å². The van der Waals surface area contributed by atoms with Gasteiger partial charge in [0.2, 0.25) is 5.91 Å². The first-order valence-corrected chi connectivity index (χ1v) is 9.14. The van der Waals surface area contributed by atoms with E-state index >= 15 is 0 Å². The Morgan fingerprint density at radius 2 is 1.65 bits per heavy atom. The molecule has 0 spiro atoms. The summed E-state index contributed by atoms with van der Waals surface area (Å²) in [7, 11) is 0. The van der Waals surface area contributed by atoms with E-state index in [4.69, 9.17) is 0 Å². The Hall–Kier alpha value is -2.25. The average Bonchev–Trinajstić information content (AvgIpc) is 2.64. The number of amides is 2. The number of hydrogen-bond donors (Lipinski definition) is 1. The van der Waals surface area contributed by atoms with Gasteiger partial charge in [-0.05, 0) is 52.3 Å². The minimum absolute atomic E-state index is 0.00658. The zero-order chi connectivity index (χ0) is 18.5. The van der Waals surface area contributed by atoms with Crippen LogP contribution in [0.5, 0.6) is 0 Å². The number of nitrogens with one attached hydrogen (secondary N) is 1. The van der Waals surface area contributed by atoms with E-state index in [0.717, 1.165) is 4.47 Å². The van der Waals surface area contributed by atoms with E-state index in [0.29, 0.717) is 37.4 Å². The summed E-state index contributed by atoms with van der Waals surface area (Å²) >= 11 is 3.41. The van der Waals surface area contributed by atoms with E-state index in [1.807, 2.05) is 23.1 Å². The Bertz CT molecular complexity index is 790. The first-order chi connectivity index (χ1) is 12.5. The van der Waals surface area contributed by atoms with Crippen LogP contribution in [-0.4, -0.2) is 54.3 Å². The lowest BCUT2D eigenvalue weighted by Crippen LogP contribution is -2.50. The fourth-order valence-corrected chi connectivity index (χ4v) is 3.31. The summed E-state index contributed by atoms with van der Waals surface area (Å²) in [5.74, 6) is -0.496. The molecule has 2 aromatic carbocycles. The molecule has 1 heterocycles. The molecule has 5 nitrogen and oxygen atoms in total. The normalized spacial score (nSPS) is 14.9. The molecule has 0 saturated carbocycles. The standard InChI is InChI=1S/C19H19BrFN3O2/c20-17-4-2-1-3-16(17)19(26)24-11-9-23(10-12-24)13-18(25)22-15-7-5-14(21)6-8-15/h1-8H,9-13H2,(H,22,25). The van der Waals surface area contributed by atoms with Crippen LogP contribution < -0.4 is 5.32 Å². The second kappa shape index (κ2) is 8.42. The maximum absolute atomic E-state index is 12.9. The highest BCUT2D eigenvalue weighted by atomic mass is 79.9. The van der Waals surface area contributed by atoms with E-state index in [2.05, 4.69) is 21.2 Å². The minimum Gasteiger partial charge on any atom is -0.336 e. The molecule has 0 aliphatic carbocycles. The number of anilines is 1. The fraction of sp³-hybridized carbons (Fsp3) is 0.263. The van der Waals surface area contributed by atoms with Gasteiger partial charge in [0.1, 0.15) is 5.82 Å². The monoisotopic (exact) mass is 419 g/mol. The van der Waals surface area contributed by atoms with E-state index < -0.39 is 0 Å². The van der Waals surface area contributed by atoms with Crippen LogP contribution in [0.2, 0.25) is 0 Å². The Labute approximate surface area is 159 Å². The van der Waals surface area contributed by atoms with Gasteiger partial charge in [0.15, 0.2) is 0 Å². The lowest BCUT2D eigenvalue weighted by molar-refractivity contribution is -0.117. The van der Waals surface area contributed by atoms with Crippen molar-refractivity contribution in [1.29, 1.82) is 0 Å². The predicted molar refractivity (Wildman–Crippen MR) is 102 cm³/mol. The second-order valence-electron chi connectivity index (χ2n) is 6.10. The second-order valence-corrected chi connectivity index (χ2v) is 6.96. The van der Waals surface area contributed by atoms with Crippen molar-refractivity contribution in [3.05, 3.63) is 64.4 Å². The molecule has 1 aliphatic rings. The van der Waals surface area contributed by atoms with Crippen molar-refractivity contribution < 1.29 is 14.0 Å².